The standard InChI is InChI=1S/C29H29N5O5S2/c1-6-38-28(36)18-14(5)22(29(37)39-7-2)40-26(18)34-25(35)23-21(31)20-19(16-10-8-15(9-11-16)13(3)4)17(12-30)24(32)33-27(20)41-23/h8-11,13H,6-7,31H2,1-5H3,(H2,32,33)(H,34,35). The van der Waals surface area contributed by atoms with E-state index in [0.29, 0.717) is 32.8 Å². The van der Waals surface area contributed by atoms with Crippen LogP contribution in [0.3, 0.4) is 0 Å². The largest absolute Gasteiger partial charge is 0.462 e. The van der Waals surface area contributed by atoms with Crippen LogP contribution in [0, 0.1) is 18.3 Å². The van der Waals surface area contributed by atoms with E-state index in [2.05, 4.69) is 30.2 Å². The zero-order chi connectivity index (χ0) is 30.0. The van der Waals surface area contributed by atoms with Crippen molar-refractivity contribution in [3.63, 3.8) is 0 Å². The van der Waals surface area contributed by atoms with Crippen molar-refractivity contribution in [3.05, 3.63) is 56.3 Å². The van der Waals surface area contributed by atoms with Gasteiger partial charge in [0.25, 0.3) is 5.91 Å². The Bertz CT molecular complexity index is 1710. The maximum Gasteiger partial charge on any atom is 0.348 e. The van der Waals surface area contributed by atoms with Crippen LogP contribution in [0.15, 0.2) is 24.3 Å². The summed E-state index contributed by atoms with van der Waals surface area (Å²) in [4.78, 5) is 43.9. The number of nitrogens with one attached hydrogen (secondary N) is 1. The number of fused-ring (bicyclic) bond motifs is 1. The molecule has 0 aliphatic heterocycles. The summed E-state index contributed by atoms with van der Waals surface area (Å²) in [6.45, 7) is 9.33. The molecule has 4 aromatic rings. The number of nitrogens with two attached hydrogens (primary N) is 2. The molecular formula is C29H29N5O5S2. The lowest BCUT2D eigenvalue weighted by Crippen LogP contribution is -2.15. The molecule has 0 bridgehead atoms. The molecule has 12 heteroatoms. The lowest BCUT2D eigenvalue weighted by molar-refractivity contribution is 0.0527. The van der Waals surface area contributed by atoms with Gasteiger partial charge in [-0.05, 0) is 43.4 Å². The van der Waals surface area contributed by atoms with Gasteiger partial charge >= 0.3 is 11.9 Å². The molecule has 0 unspecified atom stereocenters. The molecule has 212 valence electrons. The zero-order valence-electron chi connectivity index (χ0n) is 23.2. The molecule has 0 aliphatic rings. The minimum absolute atomic E-state index is 0.0219. The number of benzene rings is 1. The van der Waals surface area contributed by atoms with Crippen LogP contribution in [-0.2, 0) is 9.47 Å². The molecule has 3 aromatic heterocycles. The molecule has 0 aliphatic carbocycles. The Balaban J connectivity index is 1.84. The third-order valence-electron chi connectivity index (χ3n) is 6.40. The number of esters is 2. The highest BCUT2D eigenvalue weighted by molar-refractivity contribution is 7.22. The number of rotatable bonds is 8. The quantitative estimate of drug-likeness (QED) is 0.205. The van der Waals surface area contributed by atoms with Crippen LogP contribution in [0.5, 0.6) is 0 Å². The molecule has 0 fully saturated rings. The number of ether oxygens (including phenoxy) is 2. The van der Waals surface area contributed by atoms with Crippen LogP contribution in [-0.4, -0.2) is 36.0 Å². The number of nitriles is 1. The van der Waals surface area contributed by atoms with Gasteiger partial charge in [0.05, 0.1) is 24.5 Å². The summed E-state index contributed by atoms with van der Waals surface area (Å²) in [7, 11) is 0. The summed E-state index contributed by atoms with van der Waals surface area (Å²) in [6, 6.07) is 9.84. The van der Waals surface area contributed by atoms with Crippen molar-refractivity contribution in [1.82, 2.24) is 4.98 Å². The Morgan fingerprint density at radius 3 is 2.24 bits per heavy atom. The SMILES string of the molecule is CCOC(=O)c1sc(NC(=O)c2sc3nc(N)c(C#N)c(-c4ccc(C(C)C)cc4)c3c2N)c(C(=O)OCC)c1C. The fraction of sp³-hybridized carbons (Fsp3) is 0.276. The van der Waals surface area contributed by atoms with Gasteiger partial charge in [-0.2, -0.15) is 5.26 Å². The number of pyridine rings is 1. The summed E-state index contributed by atoms with van der Waals surface area (Å²) in [5.74, 6) is -1.58. The van der Waals surface area contributed by atoms with Gasteiger partial charge in [-0.3, -0.25) is 4.79 Å². The number of carbonyl (C=O) groups is 3. The topological polar surface area (TPSA) is 170 Å². The van der Waals surface area contributed by atoms with E-state index in [9.17, 15) is 19.6 Å². The molecule has 0 spiro atoms. The van der Waals surface area contributed by atoms with Crippen molar-refractivity contribution in [2.24, 2.45) is 0 Å². The molecule has 0 atom stereocenters. The second-order valence-electron chi connectivity index (χ2n) is 9.32. The van der Waals surface area contributed by atoms with E-state index >= 15 is 0 Å². The zero-order valence-corrected chi connectivity index (χ0v) is 24.8. The molecule has 3 heterocycles. The predicted molar refractivity (Wildman–Crippen MR) is 162 cm³/mol. The van der Waals surface area contributed by atoms with Crippen LogP contribution in [0.2, 0.25) is 0 Å². The van der Waals surface area contributed by atoms with Crippen molar-refractivity contribution in [2.75, 3.05) is 30.0 Å². The highest BCUT2D eigenvalue weighted by atomic mass is 32.1. The van der Waals surface area contributed by atoms with Crippen LogP contribution in [0.4, 0.5) is 16.5 Å². The van der Waals surface area contributed by atoms with Crippen LogP contribution < -0.4 is 16.8 Å². The maximum atomic E-state index is 13.6. The summed E-state index contributed by atoms with van der Waals surface area (Å²) in [5, 5.41) is 13.2. The smallest absolute Gasteiger partial charge is 0.348 e. The van der Waals surface area contributed by atoms with E-state index in [-0.39, 0.29) is 50.6 Å². The van der Waals surface area contributed by atoms with Gasteiger partial charge in [0, 0.05) is 10.9 Å². The second kappa shape index (κ2) is 12.0. The molecule has 0 saturated carbocycles. The number of hydrogen-bond donors (Lipinski definition) is 3. The van der Waals surface area contributed by atoms with E-state index in [1.54, 1.807) is 20.8 Å². The number of carbonyl (C=O) groups excluding carboxylic acids is 3. The molecule has 41 heavy (non-hydrogen) atoms. The molecule has 1 amide bonds. The molecule has 5 N–H and O–H groups in total. The van der Waals surface area contributed by atoms with E-state index < -0.39 is 17.8 Å². The number of amides is 1. The summed E-state index contributed by atoms with van der Waals surface area (Å²) < 4.78 is 10.3. The van der Waals surface area contributed by atoms with E-state index in [1.165, 1.54) is 0 Å². The summed E-state index contributed by atoms with van der Waals surface area (Å²) in [6.07, 6.45) is 0. The minimum atomic E-state index is -0.684. The molecule has 0 radical (unpaired) electrons. The highest BCUT2D eigenvalue weighted by Gasteiger charge is 2.29. The molecule has 4 rings (SSSR count). The second-order valence-corrected chi connectivity index (χ2v) is 11.3. The Morgan fingerprint density at radius 1 is 1.02 bits per heavy atom. The third kappa shape index (κ3) is 5.46. The highest BCUT2D eigenvalue weighted by Crippen LogP contribution is 2.43. The Kier molecular flexibility index (Phi) is 8.60. The fourth-order valence-electron chi connectivity index (χ4n) is 4.38. The first-order valence-electron chi connectivity index (χ1n) is 12.8. The average Bonchev–Trinajstić information content (AvgIpc) is 3.44. The van der Waals surface area contributed by atoms with E-state index in [4.69, 9.17) is 20.9 Å². The van der Waals surface area contributed by atoms with Crippen molar-refractivity contribution in [1.29, 1.82) is 5.26 Å². The normalized spacial score (nSPS) is 11.0. The van der Waals surface area contributed by atoms with Crippen LogP contribution in [0.1, 0.15) is 80.0 Å². The Morgan fingerprint density at radius 2 is 1.66 bits per heavy atom. The first-order chi connectivity index (χ1) is 19.5. The molecule has 10 nitrogen and oxygen atoms in total. The van der Waals surface area contributed by atoms with Crippen molar-refractivity contribution in [2.45, 2.75) is 40.5 Å². The monoisotopic (exact) mass is 591 g/mol. The number of nitrogen functional groups attached to an aromatic ring is 2. The Labute approximate surface area is 244 Å². The van der Waals surface area contributed by atoms with Crippen molar-refractivity contribution < 1.29 is 23.9 Å². The summed E-state index contributed by atoms with van der Waals surface area (Å²) >= 11 is 1.92. The lowest BCUT2D eigenvalue weighted by atomic mass is 9.94. The number of aromatic nitrogens is 1. The van der Waals surface area contributed by atoms with Gasteiger partial charge in [-0.15, -0.1) is 22.7 Å². The van der Waals surface area contributed by atoms with Crippen molar-refractivity contribution >= 4 is 67.2 Å². The van der Waals surface area contributed by atoms with Gasteiger partial charge in [0.1, 0.15) is 37.0 Å². The van der Waals surface area contributed by atoms with E-state index in [1.807, 2.05) is 24.3 Å². The predicted octanol–water partition coefficient (Wildman–Crippen LogP) is 6.10. The van der Waals surface area contributed by atoms with Gasteiger partial charge in [-0.1, -0.05) is 38.1 Å². The fourth-order valence-corrected chi connectivity index (χ4v) is 6.47. The summed E-state index contributed by atoms with van der Waals surface area (Å²) in [5.41, 5.74) is 15.7. The molecular weight excluding hydrogens is 562 g/mol. The van der Waals surface area contributed by atoms with Gasteiger partial charge in [-0.25, -0.2) is 14.6 Å². The van der Waals surface area contributed by atoms with E-state index in [0.717, 1.165) is 28.2 Å². The number of nitrogens with zero attached hydrogens (tertiary/aromatic N) is 2. The van der Waals surface area contributed by atoms with Crippen molar-refractivity contribution in [3.8, 4) is 17.2 Å². The average molecular weight is 592 g/mol. The van der Waals surface area contributed by atoms with Gasteiger partial charge in [0.2, 0.25) is 0 Å². The molecule has 0 saturated heterocycles. The third-order valence-corrected chi connectivity index (χ3v) is 8.69. The lowest BCUT2D eigenvalue weighted by Gasteiger charge is -2.11. The molecule has 1 aromatic carbocycles. The number of thiophene rings is 2. The van der Waals surface area contributed by atoms with Gasteiger partial charge in [0.15, 0.2) is 0 Å². The van der Waals surface area contributed by atoms with Gasteiger partial charge < -0.3 is 26.3 Å². The number of anilines is 3. The Hall–Kier alpha value is -4.47. The minimum Gasteiger partial charge on any atom is -0.462 e. The van der Waals surface area contributed by atoms with Crippen LogP contribution in [0.25, 0.3) is 21.3 Å². The first kappa shape index (κ1) is 29.5. The number of hydrogen-bond acceptors (Lipinski definition) is 11. The van der Waals surface area contributed by atoms with Crippen LogP contribution >= 0.6 is 22.7 Å². The maximum absolute atomic E-state index is 13.6. The first-order valence-corrected chi connectivity index (χ1v) is 14.5.